The molecule has 114 valence electrons. The Morgan fingerprint density at radius 3 is 2.26 bits per heavy atom. The Kier molecular flexibility index (Phi) is 9.13. The zero-order valence-corrected chi connectivity index (χ0v) is 17.1. The van der Waals surface area contributed by atoms with E-state index in [9.17, 15) is 0 Å². The summed E-state index contributed by atoms with van der Waals surface area (Å²) in [4.78, 5) is 0. The van der Waals surface area contributed by atoms with E-state index in [1.165, 1.54) is 19.3 Å². The molecule has 0 aliphatic rings. The highest BCUT2D eigenvalue weighted by molar-refractivity contribution is 14.1. The average Bonchev–Trinajstić information content (AvgIpc) is 2.24. The van der Waals surface area contributed by atoms with Crippen LogP contribution in [0.3, 0.4) is 0 Å². The molecule has 0 fully saturated rings. The van der Waals surface area contributed by atoms with E-state index >= 15 is 0 Å². The number of hydrogen-bond acceptors (Lipinski definition) is 1. The standard InChI is InChI=1S/C16H33IOSi/c1-8-9-10-14(2)13-15(11-12-17)18-19(6,7)16(3,4)5/h11-12,14-15H,8-10,13H2,1-7H3/t14-,15+/m0/s1. The summed E-state index contributed by atoms with van der Waals surface area (Å²) >= 11 is 2.31. The van der Waals surface area contributed by atoms with E-state index in [0.29, 0.717) is 6.10 Å². The van der Waals surface area contributed by atoms with Gasteiger partial charge in [-0.25, -0.2) is 0 Å². The first-order valence-corrected chi connectivity index (χ1v) is 11.7. The third-order valence-corrected chi connectivity index (χ3v) is 9.14. The molecule has 0 heterocycles. The van der Waals surface area contributed by atoms with Crippen molar-refractivity contribution in [3.8, 4) is 0 Å². The van der Waals surface area contributed by atoms with Gasteiger partial charge in [0, 0.05) is 0 Å². The van der Waals surface area contributed by atoms with Gasteiger partial charge in [0.1, 0.15) is 0 Å². The van der Waals surface area contributed by atoms with Crippen molar-refractivity contribution in [2.45, 2.75) is 84.5 Å². The Balaban J connectivity index is 4.58. The molecule has 19 heavy (non-hydrogen) atoms. The van der Waals surface area contributed by atoms with Gasteiger partial charge >= 0.3 is 0 Å². The third kappa shape index (κ3) is 7.86. The smallest absolute Gasteiger partial charge is 0.192 e. The van der Waals surface area contributed by atoms with Gasteiger partial charge in [-0.05, 0) is 34.6 Å². The lowest BCUT2D eigenvalue weighted by Crippen LogP contribution is -2.43. The van der Waals surface area contributed by atoms with Crippen LogP contribution < -0.4 is 0 Å². The fourth-order valence-electron chi connectivity index (χ4n) is 1.87. The van der Waals surface area contributed by atoms with Crippen LogP contribution in [0.5, 0.6) is 0 Å². The molecule has 0 N–H and O–H groups in total. The highest BCUT2D eigenvalue weighted by Gasteiger charge is 2.38. The zero-order chi connectivity index (χ0) is 15.1. The summed E-state index contributed by atoms with van der Waals surface area (Å²) in [7, 11) is -1.66. The number of unbranched alkanes of at least 4 members (excludes halogenated alkanes) is 1. The zero-order valence-electron chi connectivity index (χ0n) is 13.9. The molecular weight excluding hydrogens is 363 g/mol. The molecule has 0 aromatic rings. The molecule has 0 unspecified atom stereocenters. The lowest BCUT2D eigenvalue weighted by atomic mass is 9.98. The minimum Gasteiger partial charge on any atom is -0.411 e. The van der Waals surface area contributed by atoms with E-state index < -0.39 is 8.32 Å². The second kappa shape index (κ2) is 8.83. The lowest BCUT2D eigenvalue weighted by Gasteiger charge is -2.39. The van der Waals surface area contributed by atoms with E-state index in [2.05, 4.69) is 80.5 Å². The Morgan fingerprint density at radius 1 is 1.26 bits per heavy atom. The second-order valence-electron chi connectivity index (χ2n) is 7.22. The predicted octanol–water partition coefficient (Wildman–Crippen LogP) is 6.54. The second-order valence-corrected chi connectivity index (χ2v) is 12.7. The molecule has 0 amide bonds. The maximum Gasteiger partial charge on any atom is 0.192 e. The van der Waals surface area contributed by atoms with Crippen LogP contribution in [0, 0.1) is 5.92 Å². The molecule has 0 saturated heterocycles. The minimum atomic E-state index is -1.66. The predicted molar refractivity (Wildman–Crippen MR) is 98.5 cm³/mol. The van der Waals surface area contributed by atoms with Crippen molar-refractivity contribution in [2.24, 2.45) is 5.92 Å². The number of rotatable bonds is 8. The van der Waals surface area contributed by atoms with Gasteiger partial charge in [-0.15, -0.1) is 0 Å². The van der Waals surface area contributed by atoms with Crippen LogP contribution in [-0.4, -0.2) is 14.4 Å². The Labute approximate surface area is 135 Å². The van der Waals surface area contributed by atoms with Crippen LogP contribution in [0.15, 0.2) is 10.2 Å². The van der Waals surface area contributed by atoms with Gasteiger partial charge in [0.2, 0.25) is 0 Å². The van der Waals surface area contributed by atoms with Gasteiger partial charge in [-0.3, -0.25) is 0 Å². The molecule has 1 nitrogen and oxygen atoms in total. The normalized spacial score (nSPS) is 16.8. The molecule has 3 heteroatoms. The van der Waals surface area contributed by atoms with Gasteiger partial charge in [0.15, 0.2) is 8.32 Å². The molecule has 0 rings (SSSR count). The molecule has 0 saturated carbocycles. The summed E-state index contributed by atoms with van der Waals surface area (Å²) in [5.74, 6) is 0.752. The number of hydrogen-bond donors (Lipinski definition) is 0. The van der Waals surface area contributed by atoms with Gasteiger partial charge in [0.05, 0.1) is 6.10 Å². The third-order valence-electron chi connectivity index (χ3n) is 4.22. The van der Waals surface area contributed by atoms with Crippen LogP contribution in [0.25, 0.3) is 0 Å². The van der Waals surface area contributed by atoms with Crippen molar-refractivity contribution in [2.75, 3.05) is 0 Å². The molecule has 0 aromatic heterocycles. The SMILES string of the molecule is CCCC[C@H](C)C[C@@H](C=CI)O[Si](C)(C)C(C)(C)C. The molecule has 0 aliphatic heterocycles. The minimum absolute atomic E-state index is 0.289. The fourth-order valence-corrected chi connectivity index (χ4v) is 3.62. The van der Waals surface area contributed by atoms with E-state index in [4.69, 9.17) is 4.43 Å². The molecule has 0 radical (unpaired) electrons. The van der Waals surface area contributed by atoms with Crippen LogP contribution in [-0.2, 0) is 4.43 Å². The van der Waals surface area contributed by atoms with Crippen LogP contribution in [0.2, 0.25) is 18.1 Å². The van der Waals surface area contributed by atoms with Crippen molar-refractivity contribution in [3.05, 3.63) is 10.2 Å². The van der Waals surface area contributed by atoms with E-state index in [-0.39, 0.29) is 5.04 Å². The van der Waals surface area contributed by atoms with E-state index in [0.717, 1.165) is 12.3 Å². The first-order chi connectivity index (χ1) is 8.64. The monoisotopic (exact) mass is 396 g/mol. The summed E-state index contributed by atoms with van der Waals surface area (Å²) in [6.45, 7) is 16.2. The van der Waals surface area contributed by atoms with Crippen LogP contribution >= 0.6 is 22.6 Å². The summed E-state index contributed by atoms with van der Waals surface area (Å²) < 4.78 is 8.65. The van der Waals surface area contributed by atoms with Gasteiger partial charge in [0.25, 0.3) is 0 Å². The fraction of sp³-hybridized carbons (Fsp3) is 0.875. The molecule has 0 aromatic carbocycles. The summed E-state index contributed by atoms with van der Waals surface area (Å²) in [6, 6.07) is 0. The summed E-state index contributed by atoms with van der Waals surface area (Å²) in [5.41, 5.74) is 0. The first kappa shape index (κ1) is 19.6. The Bertz CT molecular complexity index is 268. The lowest BCUT2D eigenvalue weighted by molar-refractivity contribution is 0.191. The van der Waals surface area contributed by atoms with E-state index in [1.54, 1.807) is 0 Å². The largest absolute Gasteiger partial charge is 0.411 e. The van der Waals surface area contributed by atoms with E-state index in [1.807, 2.05) is 0 Å². The molecule has 0 spiro atoms. The van der Waals surface area contributed by atoms with Crippen molar-refractivity contribution < 1.29 is 4.43 Å². The topological polar surface area (TPSA) is 9.23 Å². The van der Waals surface area contributed by atoms with Crippen LogP contribution in [0.1, 0.15) is 60.3 Å². The quantitative estimate of drug-likeness (QED) is 0.334. The van der Waals surface area contributed by atoms with Crippen molar-refractivity contribution >= 4 is 30.9 Å². The van der Waals surface area contributed by atoms with Crippen molar-refractivity contribution in [1.82, 2.24) is 0 Å². The summed E-state index contributed by atoms with van der Waals surface area (Å²) in [6.07, 6.45) is 7.64. The van der Waals surface area contributed by atoms with Crippen LogP contribution in [0.4, 0.5) is 0 Å². The van der Waals surface area contributed by atoms with Crippen molar-refractivity contribution in [1.29, 1.82) is 0 Å². The molecular formula is C16H33IOSi. The first-order valence-electron chi connectivity index (χ1n) is 7.58. The van der Waals surface area contributed by atoms with Crippen molar-refractivity contribution in [3.63, 3.8) is 0 Å². The van der Waals surface area contributed by atoms with Gasteiger partial charge in [-0.1, -0.05) is 82.5 Å². The molecule has 0 aliphatic carbocycles. The Morgan fingerprint density at radius 2 is 1.84 bits per heavy atom. The average molecular weight is 396 g/mol. The molecule has 0 bridgehead atoms. The number of halogens is 1. The highest BCUT2D eigenvalue weighted by Crippen LogP contribution is 2.38. The van der Waals surface area contributed by atoms with Gasteiger partial charge in [-0.2, -0.15) is 0 Å². The molecule has 2 atom stereocenters. The maximum absolute atomic E-state index is 6.54. The highest BCUT2D eigenvalue weighted by atomic mass is 127. The maximum atomic E-state index is 6.54. The van der Waals surface area contributed by atoms with Gasteiger partial charge < -0.3 is 4.43 Å². The Hall–Kier alpha value is 0.647. The summed E-state index contributed by atoms with van der Waals surface area (Å²) in [5, 5.41) is 0.289.